The fraction of sp³-hybridized carbons (Fsp3) is 0.538. The fourth-order valence-corrected chi connectivity index (χ4v) is 2.42. The zero-order chi connectivity index (χ0) is 10.6. The molecule has 0 aromatic heterocycles. The molecule has 0 atom stereocenters. The van der Waals surface area contributed by atoms with E-state index >= 15 is 0 Å². The molecule has 0 heterocycles. The molecule has 0 saturated carbocycles. The van der Waals surface area contributed by atoms with Gasteiger partial charge in [-0.2, -0.15) is 0 Å². The predicted octanol–water partition coefficient (Wildman–Crippen LogP) is 4.70. The molecule has 0 unspecified atom stereocenters. The van der Waals surface area contributed by atoms with E-state index in [1.165, 1.54) is 24.0 Å². The molecule has 0 radical (unpaired) electrons. The largest absolute Gasteiger partial charge is 0.0737 e. The molecule has 0 bridgehead atoms. The quantitative estimate of drug-likeness (QED) is 0.558. The smallest absolute Gasteiger partial charge is 0.0467 e. The van der Waals surface area contributed by atoms with Crippen LogP contribution in [0.1, 0.15) is 44.7 Å². The van der Waals surface area contributed by atoms with Crippen LogP contribution in [-0.4, -0.2) is 0 Å². The average Bonchev–Trinajstić information content (AvgIpc) is 2.28. The second-order valence-corrected chi connectivity index (χ2v) is 5.75. The summed E-state index contributed by atoms with van der Waals surface area (Å²) in [6.45, 7) is 6.80. The van der Waals surface area contributed by atoms with Gasteiger partial charge in [0.05, 0.1) is 0 Å². The monoisotopic (exact) mass is 302 g/mol. The van der Waals surface area contributed by atoms with Crippen molar-refractivity contribution in [2.75, 3.05) is 0 Å². The van der Waals surface area contributed by atoms with Crippen molar-refractivity contribution in [3.05, 3.63) is 35.4 Å². The normalized spacial score (nSPS) is 11.7. The molecule has 1 rings (SSSR count). The van der Waals surface area contributed by atoms with Crippen molar-refractivity contribution in [2.24, 2.45) is 0 Å². The summed E-state index contributed by atoms with van der Waals surface area (Å²) in [5, 5.41) is 0. The third kappa shape index (κ3) is 2.30. The molecule has 1 aromatic rings. The second-order valence-electron chi connectivity index (χ2n) is 3.68. The molecular weight excluding hydrogens is 283 g/mol. The van der Waals surface area contributed by atoms with Gasteiger partial charge < -0.3 is 0 Å². The first-order valence-corrected chi connectivity index (χ1v) is 6.53. The maximum absolute atomic E-state index is 2.62. The molecule has 0 fully saturated rings. The van der Waals surface area contributed by atoms with Crippen LogP contribution in [0.3, 0.4) is 0 Å². The summed E-state index contributed by atoms with van der Waals surface area (Å²) in [4.78, 5) is 0. The van der Waals surface area contributed by atoms with E-state index in [1.807, 2.05) is 0 Å². The first-order chi connectivity index (χ1) is 6.68. The predicted molar refractivity (Wildman–Crippen MR) is 72.1 cm³/mol. The molecule has 0 aliphatic rings. The van der Waals surface area contributed by atoms with Gasteiger partial charge in [-0.15, -0.1) is 0 Å². The Bertz CT molecular complexity index is 287. The molecule has 0 aliphatic heterocycles. The van der Waals surface area contributed by atoms with Gasteiger partial charge in [-0.1, -0.05) is 67.6 Å². The van der Waals surface area contributed by atoms with Crippen molar-refractivity contribution in [1.29, 1.82) is 0 Å². The second kappa shape index (κ2) is 5.15. The molecule has 0 spiro atoms. The zero-order valence-electron chi connectivity index (χ0n) is 9.31. The number of benzene rings is 1. The topological polar surface area (TPSA) is 0 Å². The zero-order valence-corrected chi connectivity index (χ0v) is 11.5. The fourth-order valence-electron chi connectivity index (χ4n) is 1.90. The number of alkyl halides is 1. The summed E-state index contributed by atoms with van der Waals surface area (Å²) in [5.41, 5.74) is 3.04. The van der Waals surface area contributed by atoms with Crippen LogP contribution < -0.4 is 0 Å². The minimum absolute atomic E-state index is 0.338. The van der Waals surface area contributed by atoms with Crippen molar-refractivity contribution in [1.82, 2.24) is 0 Å². The van der Waals surface area contributed by atoms with Gasteiger partial charge in [0.15, 0.2) is 0 Å². The van der Waals surface area contributed by atoms with Gasteiger partial charge in [-0.3, -0.25) is 0 Å². The van der Waals surface area contributed by atoms with Gasteiger partial charge in [-0.05, 0) is 30.4 Å². The standard InChI is InChI=1S/C13H19I/c1-4-11-9-7-8-10-12(11)13(14,5-2)6-3/h7-10H,4-6H2,1-3H3. The summed E-state index contributed by atoms with van der Waals surface area (Å²) in [6, 6.07) is 8.85. The average molecular weight is 302 g/mol. The van der Waals surface area contributed by atoms with Crippen LogP contribution in [0.15, 0.2) is 24.3 Å². The van der Waals surface area contributed by atoms with Crippen molar-refractivity contribution in [2.45, 2.75) is 43.5 Å². The molecule has 1 aromatic carbocycles. The number of halogens is 1. The van der Waals surface area contributed by atoms with Gasteiger partial charge in [0.1, 0.15) is 0 Å². The van der Waals surface area contributed by atoms with Crippen LogP contribution >= 0.6 is 22.6 Å². The number of hydrogen-bond acceptors (Lipinski definition) is 0. The molecule has 0 N–H and O–H groups in total. The van der Waals surface area contributed by atoms with Gasteiger partial charge in [0, 0.05) is 3.42 Å². The van der Waals surface area contributed by atoms with Crippen LogP contribution in [-0.2, 0) is 9.84 Å². The highest BCUT2D eigenvalue weighted by atomic mass is 127. The molecule has 0 nitrogen and oxygen atoms in total. The molecule has 0 saturated heterocycles. The first kappa shape index (κ1) is 12.0. The lowest BCUT2D eigenvalue weighted by molar-refractivity contribution is 0.605. The number of hydrogen-bond donors (Lipinski definition) is 0. The lowest BCUT2D eigenvalue weighted by atomic mass is 9.89. The Kier molecular flexibility index (Phi) is 4.42. The summed E-state index contributed by atoms with van der Waals surface area (Å²) < 4.78 is 0.338. The van der Waals surface area contributed by atoms with Crippen LogP contribution in [0.4, 0.5) is 0 Å². The molecule has 14 heavy (non-hydrogen) atoms. The maximum Gasteiger partial charge on any atom is 0.0467 e. The maximum atomic E-state index is 2.62. The Morgan fingerprint density at radius 3 is 2.14 bits per heavy atom. The molecule has 78 valence electrons. The first-order valence-electron chi connectivity index (χ1n) is 5.45. The van der Waals surface area contributed by atoms with Gasteiger partial charge in [-0.25, -0.2) is 0 Å². The van der Waals surface area contributed by atoms with Crippen molar-refractivity contribution in [3.8, 4) is 0 Å². The van der Waals surface area contributed by atoms with Crippen LogP contribution in [0.2, 0.25) is 0 Å². The van der Waals surface area contributed by atoms with Crippen LogP contribution in [0.5, 0.6) is 0 Å². The molecule has 0 amide bonds. The highest BCUT2D eigenvalue weighted by Gasteiger charge is 2.26. The minimum atomic E-state index is 0.338. The van der Waals surface area contributed by atoms with Gasteiger partial charge in [0.2, 0.25) is 0 Å². The third-order valence-electron chi connectivity index (χ3n) is 3.00. The summed E-state index contributed by atoms with van der Waals surface area (Å²) in [7, 11) is 0. The highest BCUT2D eigenvalue weighted by Crippen LogP contribution is 2.40. The van der Waals surface area contributed by atoms with Crippen molar-refractivity contribution in [3.63, 3.8) is 0 Å². The van der Waals surface area contributed by atoms with E-state index in [0.29, 0.717) is 3.42 Å². The summed E-state index contributed by atoms with van der Waals surface area (Å²) in [5.74, 6) is 0. The van der Waals surface area contributed by atoms with Gasteiger partial charge >= 0.3 is 0 Å². The minimum Gasteiger partial charge on any atom is -0.0737 e. The van der Waals surface area contributed by atoms with Crippen LogP contribution in [0, 0.1) is 0 Å². The van der Waals surface area contributed by atoms with E-state index in [2.05, 4.69) is 67.6 Å². The van der Waals surface area contributed by atoms with E-state index in [0.717, 1.165) is 6.42 Å². The molecular formula is C13H19I. The van der Waals surface area contributed by atoms with Crippen LogP contribution in [0.25, 0.3) is 0 Å². The Morgan fingerprint density at radius 2 is 1.64 bits per heavy atom. The van der Waals surface area contributed by atoms with E-state index in [1.54, 1.807) is 0 Å². The summed E-state index contributed by atoms with van der Waals surface area (Å²) in [6.07, 6.45) is 3.56. The molecule has 0 aliphatic carbocycles. The Balaban J connectivity index is 3.15. The Morgan fingerprint density at radius 1 is 1.07 bits per heavy atom. The highest BCUT2D eigenvalue weighted by molar-refractivity contribution is 14.1. The SMILES string of the molecule is CCc1ccccc1C(I)(CC)CC. The Hall–Kier alpha value is -0.0500. The van der Waals surface area contributed by atoms with Gasteiger partial charge in [0.25, 0.3) is 0 Å². The molecule has 1 heteroatoms. The lowest BCUT2D eigenvalue weighted by Crippen LogP contribution is -2.17. The van der Waals surface area contributed by atoms with Crippen molar-refractivity contribution < 1.29 is 0 Å². The summed E-state index contributed by atoms with van der Waals surface area (Å²) >= 11 is 2.62. The number of aryl methyl sites for hydroxylation is 1. The lowest BCUT2D eigenvalue weighted by Gasteiger charge is -2.27. The van der Waals surface area contributed by atoms with E-state index < -0.39 is 0 Å². The van der Waals surface area contributed by atoms with E-state index in [-0.39, 0.29) is 0 Å². The van der Waals surface area contributed by atoms with E-state index in [4.69, 9.17) is 0 Å². The Labute approximate surface area is 101 Å². The van der Waals surface area contributed by atoms with Crippen molar-refractivity contribution >= 4 is 22.6 Å². The van der Waals surface area contributed by atoms with E-state index in [9.17, 15) is 0 Å². The third-order valence-corrected chi connectivity index (χ3v) is 5.11. The number of rotatable bonds is 4.